The van der Waals surface area contributed by atoms with Crippen LogP contribution in [0.5, 0.6) is 0 Å². The van der Waals surface area contributed by atoms with Gasteiger partial charge >= 0.3 is 5.97 Å². The summed E-state index contributed by atoms with van der Waals surface area (Å²) in [7, 11) is 1.41. The molecule has 3 saturated carbocycles. The van der Waals surface area contributed by atoms with Crippen LogP contribution in [-0.4, -0.2) is 35.4 Å². The highest BCUT2D eigenvalue weighted by Gasteiger charge is 2.72. The summed E-state index contributed by atoms with van der Waals surface area (Å²) < 4.78 is 5.37. The molecule has 0 heterocycles. The maximum Gasteiger partial charge on any atom is 0.312 e. The second-order valence-electron chi connectivity index (χ2n) is 14.2. The first kappa shape index (κ1) is 26.4. The Kier molecular flexibility index (Phi) is 5.45. The zero-order chi connectivity index (χ0) is 27.4. The number of hydrogen-bond donors (Lipinski definition) is 1. The van der Waals surface area contributed by atoms with Gasteiger partial charge in [-0.25, -0.2) is 0 Å². The number of nitriles is 1. The summed E-state index contributed by atoms with van der Waals surface area (Å²) in [5.41, 5.74) is -3.17. The second-order valence-corrected chi connectivity index (χ2v) is 14.2. The van der Waals surface area contributed by atoms with Gasteiger partial charge in [-0.05, 0) is 73.8 Å². The Morgan fingerprint density at radius 3 is 2.32 bits per heavy atom. The minimum Gasteiger partial charge on any atom is -0.469 e. The maximum absolute atomic E-state index is 14.4. The van der Waals surface area contributed by atoms with Crippen LogP contribution < -0.4 is 0 Å². The van der Waals surface area contributed by atoms with Gasteiger partial charge in [-0.15, -0.1) is 0 Å². The number of nitrogens with zero attached hydrogens (tertiary/aromatic N) is 1. The molecule has 0 aromatic rings. The second kappa shape index (κ2) is 7.65. The fourth-order valence-electron chi connectivity index (χ4n) is 9.87. The molecule has 5 rings (SSSR count). The van der Waals surface area contributed by atoms with Gasteiger partial charge in [0.1, 0.15) is 5.60 Å². The highest BCUT2D eigenvalue weighted by atomic mass is 16.5. The molecule has 37 heavy (non-hydrogen) atoms. The van der Waals surface area contributed by atoms with E-state index in [1.165, 1.54) is 13.2 Å². The number of carbonyl (C=O) groups excluding carboxylic acids is 3. The zero-order valence-electron chi connectivity index (χ0n) is 23.3. The van der Waals surface area contributed by atoms with Crippen LogP contribution in [0.2, 0.25) is 0 Å². The van der Waals surface area contributed by atoms with Gasteiger partial charge in [0.2, 0.25) is 0 Å². The lowest BCUT2D eigenvalue weighted by Gasteiger charge is -2.69. The third kappa shape index (κ3) is 2.98. The Morgan fingerprint density at radius 2 is 1.70 bits per heavy atom. The van der Waals surface area contributed by atoms with Gasteiger partial charge in [-0.1, -0.05) is 46.3 Å². The van der Waals surface area contributed by atoms with Gasteiger partial charge in [0, 0.05) is 23.2 Å². The van der Waals surface area contributed by atoms with Crippen LogP contribution in [0.1, 0.15) is 80.1 Å². The number of fused-ring (bicyclic) bond motifs is 7. The zero-order valence-corrected chi connectivity index (χ0v) is 23.3. The molecule has 200 valence electrons. The van der Waals surface area contributed by atoms with Gasteiger partial charge in [0.25, 0.3) is 0 Å². The van der Waals surface area contributed by atoms with Crippen LogP contribution in [-0.2, 0) is 19.1 Å². The van der Waals surface area contributed by atoms with Crippen molar-refractivity contribution in [1.29, 1.82) is 5.26 Å². The van der Waals surface area contributed by atoms with Gasteiger partial charge in [-0.2, -0.15) is 5.26 Å². The molecule has 6 nitrogen and oxygen atoms in total. The number of ketones is 2. The summed E-state index contributed by atoms with van der Waals surface area (Å²) in [6.45, 7) is 12.3. The van der Waals surface area contributed by atoms with Crippen LogP contribution >= 0.6 is 0 Å². The minimum absolute atomic E-state index is 0.0299. The highest BCUT2D eigenvalue weighted by molar-refractivity contribution is 5.99. The fourth-order valence-corrected chi connectivity index (χ4v) is 9.87. The predicted molar refractivity (Wildman–Crippen MR) is 138 cm³/mol. The summed E-state index contributed by atoms with van der Waals surface area (Å²) in [5, 5.41) is 21.7. The highest BCUT2D eigenvalue weighted by Crippen LogP contribution is 2.74. The first-order valence-electron chi connectivity index (χ1n) is 13.8. The number of esters is 1. The van der Waals surface area contributed by atoms with Gasteiger partial charge < -0.3 is 9.84 Å². The smallest absolute Gasteiger partial charge is 0.312 e. The van der Waals surface area contributed by atoms with E-state index >= 15 is 0 Å². The summed E-state index contributed by atoms with van der Waals surface area (Å²) in [4.78, 5) is 40.4. The standard InChI is InChI=1S/C31H41NO5/c1-26(2)12-14-31(25(35)37-7)15-13-29(5)24(23(31)18(26)17-32)19(33)16-21-27(3)10-9-22(34)30(6,36)20(27)8-11-28(21,29)4/h9-10,16,18,20,23-24,36H,8,11-15H2,1-7H3/t18?,20-,23+,24-,27+,28-,29-,30+,31+/m1/s1. The number of ether oxygens (including phenoxy) is 1. The van der Waals surface area contributed by atoms with E-state index < -0.39 is 39.6 Å². The monoisotopic (exact) mass is 507 g/mol. The Bertz CT molecular complexity index is 1190. The topological polar surface area (TPSA) is 104 Å². The van der Waals surface area contributed by atoms with E-state index in [1.54, 1.807) is 13.0 Å². The normalized spacial score (nSPS) is 50.0. The molecule has 0 saturated heterocycles. The molecule has 1 N–H and O–H groups in total. The van der Waals surface area contributed by atoms with E-state index in [2.05, 4.69) is 40.7 Å². The van der Waals surface area contributed by atoms with Crippen molar-refractivity contribution < 1.29 is 24.2 Å². The average molecular weight is 508 g/mol. The van der Waals surface area contributed by atoms with Crippen LogP contribution in [0.4, 0.5) is 0 Å². The van der Waals surface area contributed by atoms with E-state index in [0.29, 0.717) is 25.7 Å². The largest absolute Gasteiger partial charge is 0.469 e. The third-order valence-corrected chi connectivity index (χ3v) is 12.4. The number of rotatable bonds is 1. The Morgan fingerprint density at radius 1 is 1.05 bits per heavy atom. The molecular weight excluding hydrogens is 466 g/mol. The van der Waals surface area contributed by atoms with Crippen molar-refractivity contribution in [1.82, 2.24) is 0 Å². The number of carbonyl (C=O) groups is 3. The lowest BCUT2D eigenvalue weighted by Crippen LogP contribution is -2.68. The predicted octanol–water partition coefficient (Wildman–Crippen LogP) is 4.96. The Hall–Kier alpha value is -2.26. The molecule has 0 bridgehead atoms. The van der Waals surface area contributed by atoms with Gasteiger partial charge in [-0.3, -0.25) is 14.4 Å². The third-order valence-electron chi connectivity index (χ3n) is 12.4. The molecule has 0 aromatic heterocycles. The SMILES string of the molecule is COC(=O)[C@]12CCC(C)(C)C(C#N)[C@H]1[C@H]1C(=O)C=C3[C@@]4(C)C=CC(=O)[C@@](C)(O)[C@@H]4CC[C@@]3(C)[C@]1(C)CC2. The van der Waals surface area contributed by atoms with Gasteiger partial charge in [0.15, 0.2) is 11.6 Å². The van der Waals surface area contributed by atoms with Crippen LogP contribution in [0, 0.1) is 62.1 Å². The lowest BCUT2D eigenvalue weighted by molar-refractivity contribution is -0.199. The molecule has 0 aromatic carbocycles. The average Bonchev–Trinajstić information content (AvgIpc) is 2.82. The molecule has 0 radical (unpaired) electrons. The fraction of sp³-hybridized carbons (Fsp3) is 0.742. The Labute approximate surface area is 220 Å². The Balaban J connectivity index is 1.73. The number of hydrogen-bond acceptors (Lipinski definition) is 6. The molecule has 1 unspecified atom stereocenters. The van der Waals surface area contributed by atoms with Crippen molar-refractivity contribution in [3.8, 4) is 6.07 Å². The van der Waals surface area contributed by atoms with E-state index in [1.807, 2.05) is 6.08 Å². The molecule has 0 spiro atoms. The van der Waals surface area contributed by atoms with Crippen molar-refractivity contribution in [2.24, 2.45) is 50.7 Å². The van der Waals surface area contributed by atoms with Crippen molar-refractivity contribution in [3.63, 3.8) is 0 Å². The molecule has 0 aliphatic heterocycles. The lowest BCUT2D eigenvalue weighted by atomic mass is 9.33. The van der Waals surface area contributed by atoms with E-state index in [4.69, 9.17) is 4.74 Å². The first-order chi connectivity index (χ1) is 17.1. The molecule has 9 atom stereocenters. The molecule has 0 amide bonds. The van der Waals surface area contributed by atoms with Crippen molar-refractivity contribution in [2.45, 2.75) is 85.7 Å². The molecule has 5 aliphatic rings. The maximum atomic E-state index is 14.4. The van der Waals surface area contributed by atoms with E-state index in [0.717, 1.165) is 18.4 Å². The molecule has 3 fully saturated rings. The number of aliphatic hydroxyl groups is 1. The number of methoxy groups -OCH3 is 1. The summed E-state index contributed by atoms with van der Waals surface area (Å²) in [6, 6.07) is 2.56. The summed E-state index contributed by atoms with van der Waals surface area (Å²) in [5.74, 6) is -2.27. The number of allylic oxidation sites excluding steroid dienone is 3. The summed E-state index contributed by atoms with van der Waals surface area (Å²) >= 11 is 0. The van der Waals surface area contributed by atoms with Crippen LogP contribution in [0.25, 0.3) is 0 Å². The van der Waals surface area contributed by atoms with E-state index in [9.17, 15) is 24.8 Å². The van der Waals surface area contributed by atoms with Crippen molar-refractivity contribution in [2.75, 3.05) is 7.11 Å². The van der Waals surface area contributed by atoms with Crippen molar-refractivity contribution in [3.05, 3.63) is 23.8 Å². The quantitative estimate of drug-likeness (QED) is 0.503. The van der Waals surface area contributed by atoms with E-state index in [-0.39, 0.29) is 34.3 Å². The summed E-state index contributed by atoms with van der Waals surface area (Å²) in [6.07, 6.45) is 9.19. The van der Waals surface area contributed by atoms with Crippen molar-refractivity contribution >= 4 is 17.5 Å². The first-order valence-corrected chi connectivity index (χ1v) is 13.8. The minimum atomic E-state index is -1.49. The molecular formula is C31H41NO5. The van der Waals surface area contributed by atoms with Gasteiger partial charge in [0.05, 0.1) is 24.5 Å². The van der Waals surface area contributed by atoms with Crippen LogP contribution in [0.3, 0.4) is 0 Å². The molecule has 5 aliphatic carbocycles. The molecule has 6 heteroatoms. The van der Waals surface area contributed by atoms with Crippen LogP contribution in [0.15, 0.2) is 23.8 Å².